The fourth-order valence-electron chi connectivity index (χ4n) is 2.79. The van der Waals surface area contributed by atoms with Crippen LogP contribution in [0.25, 0.3) is 0 Å². The Hall–Kier alpha value is -1.17. The maximum Gasteiger partial charge on any atom is 0.317 e. The standard InChI is InChI=1S/C13H15Cl2N3O2/c14-9-3-8(12(19)11(15)4-9)6-17-1-2-18-10(7-17)5-16-13(18)20/h3-4,10,19H,1-2,5-7H2,(H,16,20). The molecule has 2 saturated heterocycles. The van der Waals surface area contributed by atoms with Crippen molar-refractivity contribution in [2.75, 3.05) is 26.2 Å². The summed E-state index contributed by atoms with van der Waals surface area (Å²) in [5, 5.41) is 13.6. The zero-order valence-electron chi connectivity index (χ0n) is 10.8. The van der Waals surface area contributed by atoms with Crippen molar-refractivity contribution in [2.45, 2.75) is 12.6 Å². The molecule has 1 atom stereocenters. The number of nitrogens with one attached hydrogen (secondary N) is 1. The smallest absolute Gasteiger partial charge is 0.317 e. The normalized spacial score (nSPS) is 22.8. The van der Waals surface area contributed by atoms with Crippen molar-refractivity contribution in [1.82, 2.24) is 15.1 Å². The van der Waals surface area contributed by atoms with E-state index in [2.05, 4.69) is 10.2 Å². The molecule has 0 aliphatic carbocycles. The average molecular weight is 316 g/mol. The molecule has 2 aliphatic heterocycles. The second-order valence-corrected chi connectivity index (χ2v) is 6.01. The SMILES string of the molecule is O=C1NCC2CN(Cc3cc(Cl)cc(Cl)c3O)CCN12. The Bertz CT molecular complexity index is 553. The van der Waals surface area contributed by atoms with Gasteiger partial charge in [0.05, 0.1) is 11.1 Å². The highest BCUT2D eigenvalue weighted by Gasteiger charge is 2.35. The summed E-state index contributed by atoms with van der Waals surface area (Å²) < 4.78 is 0. The van der Waals surface area contributed by atoms with Gasteiger partial charge in [-0.2, -0.15) is 0 Å². The lowest BCUT2D eigenvalue weighted by atomic mass is 10.1. The Morgan fingerprint density at radius 1 is 1.35 bits per heavy atom. The van der Waals surface area contributed by atoms with Gasteiger partial charge in [-0.15, -0.1) is 0 Å². The van der Waals surface area contributed by atoms with Crippen molar-refractivity contribution in [3.63, 3.8) is 0 Å². The highest BCUT2D eigenvalue weighted by molar-refractivity contribution is 6.35. The minimum absolute atomic E-state index is 0.0169. The third-order valence-corrected chi connectivity index (χ3v) is 4.32. The second-order valence-electron chi connectivity index (χ2n) is 5.16. The predicted octanol–water partition coefficient (Wildman–Crippen LogP) is 1.91. The number of rotatable bonds is 2. The molecule has 0 aromatic heterocycles. The van der Waals surface area contributed by atoms with E-state index < -0.39 is 0 Å². The van der Waals surface area contributed by atoms with Crippen LogP contribution in [0.1, 0.15) is 5.56 Å². The molecule has 2 heterocycles. The van der Waals surface area contributed by atoms with Gasteiger partial charge in [0.25, 0.3) is 0 Å². The van der Waals surface area contributed by atoms with Crippen LogP contribution in [-0.2, 0) is 6.54 Å². The largest absolute Gasteiger partial charge is 0.506 e. The first-order valence-electron chi connectivity index (χ1n) is 6.48. The van der Waals surface area contributed by atoms with Crippen LogP contribution in [0.3, 0.4) is 0 Å². The lowest BCUT2D eigenvalue weighted by Gasteiger charge is -2.36. The van der Waals surface area contributed by atoms with E-state index in [9.17, 15) is 9.90 Å². The van der Waals surface area contributed by atoms with Gasteiger partial charge in [0.1, 0.15) is 5.75 Å². The van der Waals surface area contributed by atoms with Crippen molar-refractivity contribution < 1.29 is 9.90 Å². The van der Waals surface area contributed by atoms with E-state index in [0.29, 0.717) is 30.2 Å². The fourth-order valence-corrected chi connectivity index (χ4v) is 3.33. The highest BCUT2D eigenvalue weighted by atomic mass is 35.5. The zero-order chi connectivity index (χ0) is 14.3. The van der Waals surface area contributed by atoms with Crippen LogP contribution in [-0.4, -0.2) is 53.2 Å². The number of phenols is 1. The van der Waals surface area contributed by atoms with E-state index in [4.69, 9.17) is 23.2 Å². The molecule has 0 spiro atoms. The molecule has 2 aliphatic rings. The minimum atomic E-state index is 0.0169. The van der Waals surface area contributed by atoms with Crippen molar-refractivity contribution in [3.8, 4) is 5.75 Å². The molecule has 2 N–H and O–H groups in total. The van der Waals surface area contributed by atoms with Crippen molar-refractivity contribution in [1.29, 1.82) is 0 Å². The van der Waals surface area contributed by atoms with Crippen LogP contribution < -0.4 is 5.32 Å². The summed E-state index contributed by atoms with van der Waals surface area (Å²) in [6.07, 6.45) is 0. The lowest BCUT2D eigenvalue weighted by Crippen LogP contribution is -2.51. The van der Waals surface area contributed by atoms with E-state index in [0.717, 1.165) is 13.1 Å². The van der Waals surface area contributed by atoms with Crippen LogP contribution in [0, 0.1) is 0 Å². The maximum atomic E-state index is 11.5. The number of piperazine rings is 1. The Balaban J connectivity index is 1.72. The summed E-state index contributed by atoms with van der Waals surface area (Å²) in [6, 6.07) is 3.48. The number of carbonyl (C=O) groups is 1. The highest BCUT2D eigenvalue weighted by Crippen LogP contribution is 2.32. The number of urea groups is 1. The summed E-state index contributed by atoms with van der Waals surface area (Å²) in [5.41, 5.74) is 0.716. The number of hydrogen-bond donors (Lipinski definition) is 2. The van der Waals surface area contributed by atoms with E-state index in [-0.39, 0.29) is 22.8 Å². The first kappa shape index (κ1) is 13.8. The molecule has 2 amide bonds. The molecule has 7 heteroatoms. The van der Waals surface area contributed by atoms with Crippen LogP contribution in [0.15, 0.2) is 12.1 Å². The molecular formula is C13H15Cl2N3O2. The van der Waals surface area contributed by atoms with E-state index >= 15 is 0 Å². The molecule has 108 valence electrons. The van der Waals surface area contributed by atoms with Gasteiger partial charge >= 0.3 is 6.03 Å². The van der Waals surface area contributed by atoms with Gasteiger partial charge in [0.15, 0.2) is 0 Å². The van der Waals surface area contributed by atoms with Crippen LogP contribution >= 0.6 is 23.2 Å². The molecule has 1 unspecified atom stereocenters. The molecule has 2 fully saturated rings. The first-order chi connectivity index (χ1) is 9.54. The van der Waals surface area contributed by atoms with Crippen LogP contribution in [0.2, 0.25) is 10.0 Å². The lowest BCUT2D eigenvalue weighted by molar-refractivity contribution is 0.116. The molecule has 1 aromatic rings. The molecule has 3 rings (SSSR count). The molecular weight excluding hydrogens is 301 g/mol. The van der Waals surface area contributed by atoms with Crippen molar-refractivity contribution in [3.05, 3.63) is 27.7 Å². The van der Waals surface area contributed by atoms with Gasteiger partial charge in [-0.3, -0.25) is 4.90 Å². The number of halogens is 2. The second kappa shape index (κ2) is 5.31. The molecule has 0 radical (unpaired) electrons. The summed E-state index contributed by atoms with van der Waals surface area (Å²) in [4.78, 5) is 15.6. The Morgan fingerprint density at radius 2 is 2.15 bits per heavy atom. The fraction of sp³-hybridized carbons (Fsp3) is 0.462. The summed E-state index contributed by atoms with van der Waals surface area (Å²) >= 11 is 11.9. The number of phenolic OH excluding ortho intramolecular Hbond substituents is 1. The van der Waals surface area contributed by atoms with Crippen molar-refractivity contribution in [2.24, 2.45) is 0 Å². The van der Waals surface area contributed by atoms with Gasteiger partial charge in [-0.1, -0.05) is 23.2 Å². The summed E-state index contributed by atoms with van der Waals surface area (Å²) in [7, 11) is 0. The third kappa shape index (κ3) is 2.53. The molecule has 5 nitrogen and oxygen atoms in total. The Kier molecular flexibility index (Phi) is 3.67. The molecule has 0 saturated carbocycles. The van der Waals surface area contributed by atoms with Crippen molar-refractivity contribution >= 4 is 29.2 Å². The molecule has 0 bridgehead atoms. The molecule has 20 heavy (non-hydrogen) atoms. The van der Waals surface area contributed by atoms with Gasteiger partial charge in [-0.05, 0) is 12.1 Å². The van der Waals surface area contributed by atoms with E-state index in [1.165, 1.54) is 6.07 Å². The number of carbonyl (C=O) groups excluding carboxylic acids is 1. The maximum absolute atomic E-state index is 11.5. The van der Waals surface area contributed by atoms with Gasteiger partial charge < -0.3 is 15.3 Å². The number of hydrogen-bond acceptors (Lipinski definition) is 3. The Morgan fingerprint density at radius 3 is 2.95 bits per heavy atom. The topological polar surface area (TPSA) is 55.8 Å². The van der Waals surface area contributed by atoms with Gasteiger partial charge in [-0.25, -0.2) is 4.79 Å². The van der Waals surface area contributed by atoms with Gasteiger partial charge in [0, 0.05) is 43.3 Å². The minimum Gasteiger partial charge on any atom is -0.506 e. The third-order valence-electron chi connectivity index (χ3n) is 3.82. The van der Waals surface area contributed by atoms with Gasteiger partial charge in [0.2, 0.25) is 0 Å². The summed E-state index contributed by atoms with van der Waals surface area (Å²) in [6.45, 7) is 3.50. The van der Waals surface area contributed by atoms with E-state index in [1.54, 1.807) is 6.07 Å². The monoisotopic (exact) mass is 315 g/mol. The predicted molar refractivity (Wildman–Crippen MR) is 77.3 cm³/mol. The van der Waals surface area contributed by atoms with E-state index in [1.807, 2.05) is 4.90 Å². The number of benzene rings is 1. The Labute approximate surface area is 127 Å². The average Bonchev–Trinajstić information content (AvgIpc) is 2.77. The number of nitrogens with zero attached hydrogens (tertiary/aromatic N) is 2. The zero-order valence-corrected chi connectivity index (χ0v) is 12.3. The summed E-state index contributed by atoms with van der Waals surface area (Å²) in [5.74, 6) is 0.0825. The van der Waals surface area contributed by atoms with Crippen LogP contribution in [0.5, 0.6) is 5.75 Å². The number of fused-ring (bicyclic) bond motifs is 1. The number of aromatic hydroxyl groups is 1. The first-order valence-corrected chi connectivity index (χ1v) is 7.24. The van der Waals surface area contributed by atoms with Crippen LogP contribution in [0.4, 0.5) is 4.79 Å². The molecule has 1 aromatic carbocycles. The quantitative estimate of drug-likeness (QED) is 0.876. The number of amides is 2.